The molecule has 1 aromatic heterocycles. The Morgan fingerprint density at radius 2 is 1.89 bits per heavy atom. The Labute approximate surface area is 229 Å². The highest BCUT2D eigenvalue weighted by Crippen LogP contribution is 2.39. The van der Waals surface area contributed by atoms with Crippen LogP contribution in [-0.4, -0.2) is 54.4 Å². The number of hydrogen-bond acceptors (Lipinski definition) is 6. The summed E-state index contributed by atoms with van der Waals surface area (Å²) in [6.07, 6.45) is 6.39. The van der Waals surface area contributed by atoms with Gasteiger partial charge in [0.05, 0.1) is 17.9 Å². The molecule has 3 aromatic rings. The lowest BCUT2D eigenvalue weighted by molar-refractivity contribution is -0.0254. The number of aliphatic hydroxyl groups is 1. The van der Waals surface area contributed by atoms with Gasteiger partial charge in [0.2, 0.25) is 0 Å². The third-order valence-corrected chi connectivity index (χ3v) is 7.60. The molecule has 0 saturated carbocycles. The largest absolute Gasteiger partial charge is 0.491 e. The number of piperidine rings is 1. The van der Waals surface area contributed by atoms with Crippen LogP contribution in [0.1, 0.15) is 48.6 Å². The van der Waals surface area contributed by atoms with E-state index in [-0.39, 0.29) is 0 Å². The van der Waals surface area contributed by atoms with E-state index in [9.17, 15) is 5.11 Å². The Kier molecular flexibility index (Phi) is 8.65. The number of rotatable bonds is 9. The van der Waals surface area contributed by atoms with Crippen LogP contribution < -0.4 is 9.47 Å². The Bertz CT molecular complexity index is 1250. The molecule has 5 rings (SSSR count). The van der Waals surface area contributed by atoms with Gasteiger partial charge in [0, 0.05) is 48.6 Å². The van der Waals surface area contributed by atoms with Gasteiger partial charge in [-0.3, -0.25) is 4.98 Å². The zero-order chi connectivity index (χ0) is 26.4. The summed E-state index contributed by atoms with van der Waals surface area (Å²) in [4.78, 5) is 7.02. The molecule has 0 bridgehead atoms. The maximum Gasteiger partial charge on any atom is 0.131 e. The van der Waals surface area contributed by atoms with Crippen molar-refractivity contribution in [2.45, 2.75) is 38.4 Å². The monoisotopic (exact) mass is 534 g/mol. The minimum absolute atomic E-state index is 0.431. The maximum absolute atomic E-state index is 11.2. The second-order valence-electron chi connectivity index (χ2n) is 9.78. The van der Waals surface area contributed by atoms with Crippen molar-refractivity contribution in [3.63, 3.8) is 0 Å². The smallest absolute Gasteiger partial charge is 0.131 e. The van der Waals surface area contributed by atoms with Gasteiger partial charge in [0.25, 0.3) is 0 Å². The fourth-order valence-corrected chi connectivity index (χ4v) is 5.32. The van der Waals surface area contributed by atoms with Crippen molar-refractivity contribution in [2.75, 3.05) is 39.5 Å². The summed E-state index contributed by atoms with van der Waals surface area (Å²) in [5, 5.41) is 11.9. The number of fused-ring (bicyclic) bond motifs is 2. The molecule has 2 aromatic carbocycles. The molecule has 0 amide bonds. The van der Waals surface area contributed by atoms with Gasteiger partial charge in [0.1, 0.15) is 24.7 Å². The first-order valence-electron chi connectivity index (χ1n) is 13.4. The number of aromatic nitrogens is 1. The number of nitrogens with zero attached hydrogens (tertiary/aromatic N) is 2. The van der Waals surface area contributed by atoms with Gasteiger partial charge in [-0.1, -0.05) is 35.9 Å². The fourth-order valence-electron chi connectivity index (χ4n) is 5.19. The van der Waals surface area contributed by atoms with E-state index in [1.165, 1.54) is 0 Å². The van der Waals surface area contributed by atoms with Crippen molar-refractivity contribution in [1.82, 2.24) is 9.88 Å². The molecule has 0 atom stereocenters. The van der Waals surface area contributed by atoms with Crippen LogP contribution in [0.4, 0.5) is 0 Å². The average Bonchev–Trinajstić information content (AvgIpc) is 3.09. The zero-order valence-corrected chi connectivity index (χ0v) is 22.6. The Balaban J connectivity index is 1.30. The molecule has 3 heterocycles. The highest BCUT2D eigenvalue weighted by molar-refractivity contribution is 6.30. The number of benzene rings is 2. The van der Waals surface area contributed by atoms with Crippen molar-refractivity contribution >= 4 is 17.2 Å². The van der Waals surface area contributed by atoms with Crippen molar-refractivity contribution < 1.29 is 19.3 Å². The van der Waals surface area contributed by atoms with Crippen molar-refractivity contribution in [2.24, 2.45) is 0 Å². The molecule has 0 aliphatic carbocycles. The third kappa shape index (κ3) is 6.21. The van der Waals surface area contributed by atoms with E-state index in [1.54, 1.807) is 0 Å². The first kappa shape index (κ1) is 26.7. The highest BCUT2D eigenvalue weighted by atomic mass is 35.5. The average molecular weight is 535 g/mol. The molecule has 0 unspecified atom stereocenters. The summed E-state index contributed by atoms with van der Waals surface area (Å²) < 4.78 is 17.5. The molecular weight excluding hydrogens is 500 g/mol. The first-order chi connectivity index (χ1) is 18.6. The summed E-state index contributed by atoms with van der Waals surface area (Å²) in [5.74, 6) is 1.63. The highest BCUT2D eigenvalue weighted by Gasteiger charge is 2.33. The van der Waals surface area contributed by atoms with Crippen LogP contribution in [0.3, 0.4) is 0 Å². The molecule has 2 aliphatic heterocycles. The number of halogens is 1. The predicted octanol–water partition coefficient (Wildman–Crippen LogP) is 5.85. The van der Waals surface area contributed by atoms with E-state index < -0.39 is 5.60 Å². The van der Waals surface area contributed by atoms with Crippen LogP contribution in [0.25, 0.3) is 5.57 Å². The second-order valence-corrected chi connectivity index (χ2v) is 10.2. The normalized spacial score (nSPS) is 17.8. The first-order valence-corrected chi connectivity index (χ1v) is 13.8. The van der Waals surface area contributed by atoms with Gasteiger partial charge in [0.15, 0.2) is 0 Å². The molecule has 38 heavy (non-hydrogen) atoms. The van der Waals surface area contributed by atoms with E-state index in [2.05, 4.69) is 28.1 Å². The van der Waals surface area contributed by atoms with E-state index in [0.29, 0.717) is 44.3 Å². The molecule has 1 N–H and O–H groups in total. The SMILES string of the molecule is CCOCCOc1ccc2c(c1)/C(=C/CCN1CCC(O)(c3ccc(Cl)cc3)CC1)c1cccnc1CO2. The molecular formula is C31H35ClN2O4. The standard InChI is InChI=1S/C31H35ClN2O4/c1-2-36-19-20-37-25-11-12-30-28(21-25)26(27-5-3-15-33-29(27)22-38-30)6-4-16-34-17-13-31(35,14-18-34)23-7-9-24(32)10-8-23/h3,5-12,15,21,35H,2,4,13-14,16-20,22H2,1H3/b26-6+. The molecule has 0 spiro atoms. The number of ether oxygens (including phenoxy) is 3. The number of pyridine rings is 1. The predicted molar refractivity (Wildman–Crippen MR) is 150 cm³/mol. The van der Waals surface area contributed by atoms with Gasteiger partial charge >= 0.3 is 0 Å². The molecule has 6 nitrogen and oxygen atoms in total. The van der Waals surface area contributed by atoms with E-state index in [1.807, 2.05) is 55.6 Å². The second kappa shape index (κ2) is 12.3. The van der Waals surface area contributed by atoms with E-state index >= 15 is 0 Å². The molecule has 1 saturated heterocycles. The topological polar surface area (TPSA) is 64.1 Å². The zero-order valence-electron chi connectivity index (χ0n) is 21.9. The molecule has 7 heteroatoms. The van der Waals surface area contributed by atoms with Crippen molar-refractivity contribution in [1.29, 1.82) is 0 Å². The Morgan fingerprint density at radius 1 is 1.08 bits per heavy atom. The molecule has 1 fully saturated rings. The van der Waals surface area contributed by atoms with E-state index in [0.717, 1.165) is 65.5 Å². The lowest BCUT2D eigenvalue weighted by atomic mass is 9.84. The van der Waals surface area contributed by atoms with Gasteiger partial charge in [-0.2, -0.15) is 0 Å². The molecule has 2 aliphatic rings. The van der Waals surface area contributed by atoms with Gasteiger partial charge in [-0.05, 0) is 73.7 Å². The van der Waals surface area contributed by atoms with Crippen LogP contribution in [0.5, 0.6) is 11.5 Å². The van der Waals surface area contributed by atoms with Gasteiger partial charge in [-0.25, -0.2) is 0 Å². The molecule has 0 radical (unpaired) electrons. The summed E-state index contributed by atoms with van der Waals surface area (Å²) in [6, 6.07) is 17.7. The minimum Gasteiger partial charge on any atom is -0.491 e. The fraction of sp³-hybridized carbons (Fsp3) is 0.387. The molecule has 200 valence electrons. The van der Waals surface area contributed by atoms with Crippen molar-refractivity contribution in [3.8, 4) is 11.5 Å². The Hall–Kier alpha value is -2.90. The van der Waals surface area contributed by atoms with Crippen LogP contribution in [0.15, 0.2) is 66.9 Å². The third-order valence-electron chi connectivity index (χ3n) is 7.35. The summed E-state index contributed by atoms with van der Waals surface area (Å²) in [5.41, 5.74) is 4.31. The minimum atomic E-state index is -0.791. The van der Waals surface area contributed by atoms with E-state index in [4.69, 9.17) is 25.8 Å². The van der Waals surface area contributed by atoms with Crippen LogP contribution in [0.2, 0.25) is 5.02 Å². The van der Waals surface area contributed by atoms with Crippen LogP contribution in [0, 0.1) is 0 Å². The van der Waals surface area contributed by atoms with Crippen LogP contribution in [-0.2, 0) is 16.9 Å². The number of hydrogen-bond donors (Lipinski definition) is 1. The van der Waals surface area contributed by atoms with Gasteiger partial charge in [-0.15, -0.1) is 0 Å². The van der Waals surface area contributed by atoms with Gasteiger partial charge < -0.3 is 24.2 Å². The summed E-state index contributed by atoms with van der Waals surface area (Å²) in [6.45, 7) is 6.75. The summed E-state index contributed by atoms with van der Waals surface area (Å²) >= 11 is 6.04. The number of likely N-dealkylation sites (tertiary alicyclic amines) is 1. The maximum atomic E-state index is 11.2. The van der Waals surface area contributed by atoms with Crippen LogP contribution >= 0.6 is 11.6 Å². The lowest BCUT2D eigenvalue weighted by Crippen LogP contribution is -2.42. The van der Waals surface area contributed by atoms with Crippen molar-refractivity contribution in [3.05, 3.63) is 94.3 Å². The summed E-state index contributed by atoms with van der Waals surface area (Å²) in [7, 11) is 0. The Morgan fingerprint density at radius 3 is 2.68 bits per heavy atom. The quantitative estimate of drug-likeness (QED) is 0.347. The lowest BCUT2D eigenvalue weighted by Gasteiger charge is -2.38.